The highest BCUT2D eigenvalue weighted by molar-refractivity contribution is 7.09. The second kappa shape index (κ2) is 8.91. The predicted octanol–water partition coefficient (Wildman–Crippen LogP) is 4.79. The Balaban J connectivity index is 1.57. The first-order chi connectivity index (χ1) is 14.1. The molecule has 0 aliphatic rings. The number of hydrogen-bond acceptors (Lipinski definition) is 4. The largest absolute Gasteiger partial charge is 0.484 e. The zero-order valence-electron chi connectivity index (χ0n) is 16.8. The summed E-state index contributed by atoms with van der Waals surface area (Å²) in [5.41, 5.74) is 4.63. The Morgan fingerprint density at radius 3 is 2.50 bits per heavy atom. The molecule has 0 unspecified atom stereocenters. The lowest BCUT2D eigenvalue weighted by molar-refractivity contribution is -0.153. The summed E-state index contributed by atoms with van der Waals surface area (Å²) in [7, 11) is 0. The van der Waals surface area contributed by atoms with E-state index in [0.717, 1.165) is 33.2 Å². The van der Waals surface area contributed by atoms with Gasteiger partial charge in [-0.15, -0.1) is 11.3 Å². The van der Waals surface area contributed by atoms with Crippen molar-refractivity contribution in [3.05, 3.63) is 57.7 Å². The Bertz CT molecular complexity index is 1020. The molecule has 1 amide bonds. The number of benzene rings is 1. The molecule has 0 radical (unpaired) electrons. The third kappa shape index (κ3) is 5.63. The van der Waals surface area contributed by atoms with Gasteiger partial charge in [0, 0.05) is 28.9 Å². The second-order valence-electron chi connectivity index (χ2n) is 6.95. The topological polar surface area (TPSA) is 56.2 Å². The van der Waals surface area contributed by atoms with Gasteiger partial charge in [0.05, 0.1) is 10.7 Å². The third-order valence-corrected chi connectivity index (χ3v) is 5.36. The monoisotopic (exact) mass is 437 g/mol. The van der Waals surface area contributed by atoms with Crippen LogP contribution in [0.4, 0.5) is 13.2 Å². The number of carbonyl (C=O) groups is 1. The van der Waals surface area contributed by atoms with E-state index < -0.39 is 12.8 Å². The van der Waals surface area contributed by atoms with Crippen LogP contribution in [-0.4, -0.2) is 28.2 Å². The lowest BCUT2D eigenvalue weighted by Gasteiger charge is -2.11. The van der Waals surface area contributed by atoms with Crippen LogP contribution in [0.15, 0.2) is 35.7 Å². The molecule has 0 bridgehead atoms. The molecule has 1 N–H and O–H groups in total. The molecule has 0 saturated heterocycles. The molecule has 2 heterocycles. The van der Waals surface area contributed by atoms with E-state index in [0.29, 0.717) is 0 Å². The maximum atomic E-state index is 12.4. The molecule has 160 valence electrons. The van der Waals surface area contributed by atoms with Crippen LogP contribution < -0.4 is 10.1 Å². The first-order valence-electron chi connectivity index (χ1n) is 9.27. The van der Waals surface area contributed by atoms with Gasteiger partial charge in [-0.3, -0.25) is 4.79 Å². The van der Waals surface area contributed by atoms with Gasteiger partial charge in [-0.1, -0.05) is 12.1 Å². The number of nitrogens with one attached hydrogen (secondary N) is 1. The van der Waals surface area contributed by atoms with Crippen LogP contribution in [0.3, 0.4) is 0 Å². The Morgan fingerprint density at radius 2 is 1.90 bits per heavy atom. The number of aromatic nitrogens is 2. The number of amides is 1. The average Bonchev–Trinajstić information content (AvgIpc) is 3.23. The Morgan fingerprint density at radius 1 is 1.20 bits per heavy atom. The van der Waals surface area contributed by atoms with Crippen molar-refractivity contribution in [1.82, 2.24) is 14.9 Å². The van der Waals surface area contributed by atoms with Gasteiger partial charge >= 0.3 is 6.18 Å². The molecule has 0 saturated carbocycles. The second-order valence-corrected chi connectivity index (χ2v) is 8.01. The molecule has 5 nitrogen and oxygen atoms in total. The summed E-state index contributed by atoms with van der Waals surface area (Å²) >= 11 is 1.58. The smallest absolute Gasteiger partial charge is 0.422 e. The normalized spacial score (nSPS) is 11.5. The molecule has 9 heteroatoms. The summed E-state index contributed by atoms with van der Waals surface area (Å²) in [5, 5.41) is 5.83. The molecular weight excluding hydrogens is 415 g/mol. The first kappa shape index (κ1) is 21.9. The summed E-state index contributed by atoms with van der Waals surface area (Å²) < 4.78 is 43.2. The highest BCUT2D eigenvalue weighted by Crippen LogP contribution is 2.28. The molecule has 2 aromatic heterocycles. The van der Waals surface area contributed by atoms with Crippen LogP contribution >= 0.6 is 11.3 Å². The van der Waals surface area contributed by atoms with Gasteiger partial charge in [-0.2, -0.15) is 13.2 Å². The zero-order chi connectivity index (χ0) is 21.9. The van der Waals surface area contributed by atoms with Gasteiger partial charge in [0.15, 0.2) is 6.61 Å². The number of nitrogens with zero attached hydrogens (tertiary/aromatic N) is 2. The van der Waals surface area contributed by atoms with Crippen molar-refractivity contribution in [3.63, 3.8) is 0 Å². The van der Waals surface area contributed by atoms with E-state index >= 15 is 0 Å². The van der Waals surface area contributed by atoms with E-state index in [1.807, 2.05) is 36.8 Å². The van der Waals surface area contributed by atoms with Gasteiger partial charge in [-0.25, -0.2) is 4.98 Å². The fraction of sp³-hybridized carbons (Fsp3) is 0.333. The number of hydrogen-bond donors (Lipinski definition) is 1. The van der Waals surface area contributed by atoms with Crippen LogP contribution in [-0.2, 0) is 17.9 Å². The summed E-state index contributed by atoms with van der Waals surface area (Å²) in [5.74, 6) is -0.0268. The van der Waals surface area contributed by atoms with E-state index in [1.165, 1.54) is 12.1 Å². The Kier molecular flexibility index (Phi) is 6.50. The van der Waals surface area contributed by atoms with Gasteiger partial charge in [0.2, 0.25) is 5.91 Å². The van der Waals surface area contributed by atoms with Crippen molar-refractivity contribution in [2.45, 2.75) is 40.0 Å². The molecule has 0 aliphatic carbocycles. The van der Waals surface area contributed by atoms with Crippen LogP contribution in [0.1, 0.15) is 22.0 Å². The van der Waals surface area contributed by atoms with Gasteiger partial charge < -0.3 is 14.6 Å². The van der Waals surface area contributed by atoms with E-state index in [-0.39, 0.29) is 24.7 Å². The molecule has 3 aromatic rings. The number of carbonyl (C=O) groups excluding carboxylic acids is 1. The first-order valence-corrected chi connectivity index (χ1v) is 10.1. The number of aryl methyl sites for hydroxylation is 2. The lowest BCUT2D eigenvalue weighted by Crippen LogP contribution is -2.27. The van der Waals surface area contributed by atoms with Crippen LogP contribution in [0.25, 0.3) is 11.3 Å². The van der Waals surface area contributed by atoms with Crippen molar-refractivity contribution in [2.24, 2.45) is 0 Å². The van der Waals surface area contributed by atoms with E-state index in [9.17, 15) is 18.0 Å². The summed E-state index contributed by atoms with van der Waals surface area (Å²) in [6.07, 6.45) is -4.38. The maximum Gasteiger partial charge on any atom is 0.422 e. The van der Waals surface area contributed by atoms with Crippen LogP contribution in [0.2, 0.25) is 0 Å². The van der Waals surface area contributed by atoms with Crippen molar-refractivity contribution >= 4 is 17.2 Å². The van der Waals surface area contributed by atoms with Crippen molar-refractivity contribution in [1.29, 1.82) is 0 Å². The number of ether oxygens (including phenoxy) is 1. The van der Waals surface area contributed by atoms with E-state index in [2.05, 4.69) is 15.0 Å². The van der Waals surface area contributed by atoms with Crippen molar-refractivity contribution in [3.8, 4) is 17.0 Å². The molecule has 3 rings (SSSR count). The highest BCUT2D eigenvalue weighted by atomic mass is 32.1. The van der Waals surface area contributed by atoms with Crippen molar-refractivity contribution < 1.29 is 22.7 Å². The van der Waals surface area contributed by atoms with Gasteiger partial charge in [-0.05, 0) is 44.5 Å². The predicted molar refractivity (Wildman–Crippen MR) is 110 cm³/mol. The molecule has 1 aromatic carbocycles. The summed E-state index contributed by atoms with van der Waals surface area (Å²) in [6.45, 7) is 4.98. The van der Waals surface area contributed by atoms with Crippen LogP contribution in [0.5, 0.6) is 5.75 Å². The number of alkyl halides is 3. The number of thiazole rings is 1. The SMILES string of the molecule is Cc1nc(-c2cc(C)n(CC(=O)NCc3ccc(OCC(F)(F)F)cc3)c2C)cs1. The summed E-state index contributed by atoms with van der Waals surface area (Å²) in [4.78, 5) is 16.9. The van der Waals surface area contributed by atoms with Gasteiger partial charge in [0.25, 0.3) is 0 Å². The Hall–Kier alpha value is -2.81. The fourth-order valence-corrected chi connectivity index (χ4v) is 3.67. The molecular formula is C21H22F3N3O2S. The minimum absolute atomic E-state index is 0.130. The van der Waals surface area contributed by atoms with E-state index in [1.54, 1.807) is 23.5 Å². The molecule has 0 aliphatic heterocycles. The fourth-order valence-electron chi connectivity index (χ4n) is 3.06. The molecule has 0 atom stereocenters. The highest BCUT2D eigenvalue weighted by Gasteiger charge is 2.28. The van der Waals surface area contributed by atoms with Crippen LogP contribution in [0, 0.1) is 20.8 Å². The summed E-state index contributed by atoms with van der Waals surface area (Å²) in [6, 6.07) is 8.18. The lowest BCUT2D eigenvalue weighted by atomic mass is 10.2. The quantitative estimate of drug-likeness (QED) is 0.578. The van der Waals surface area contributed by atoms with Crippen molar-refractivity contribution in [2.75, 3.05) is 6.61 Å². The molecule has 30 heavy (non-hydrogen) atoms. The number of halogens is 3. The minimum atomic E-state index is -4.38. The third-order valence-electron chi connectivity index (χ3n) is 4.59. The standard InChI is InChI=1S/C21H22F3N3O2S/c1-13-8-18(19-11-30-15(3)26-19)14(2)27(13)10-20(28)25-9-16-4-6-17(7-5-16)29-12-21(22,23)24/h4-8,11H,9-10,12H2,1-3H3,(H,25,28). The average molecular weight is 437 g/mol. The molecule has 0 spiro atoms. The Labute approximate surface area is 176 Å². The molecule has 0 fully saturated rings. The maximum absolute atomic E-state index is 12.4. The minimum Gasteiger partial charge on any atom is -0.484 e. The number of rotatable bonds is 7. The van der Waals surface area contributed by atoms with Gasteiger partial charge in [0.1, 0.15) is 12.3 Å². The van der Waals surface area contributed by atoms with E-state index in [4.69, 9.17) is 0 Å². The zero-order valence-corrected chi connectivity index (χ0v) is 17.7.